The van der Waals surface area contributed by atoms with E-state index >= 15 is 4.39 Å². The van der Waals surface area contributed by atoms with Crippen molar-refractivity contribution in [2.24, 2.45) is 5.41 Å². The van der Waals surface area contributed by atoms with Crippen LogP contribution in [0, 0.1) is 5.41 Å². The quantitative estimate of drug-likeness (QED) is 0.428. The molecule has 5 nitrogen and oxygen atoms in total. The number of carbonyl (C=O) groups is 2. The van der Waals surface area contributed by atoms with Crippen LogP contribution in [0.4, 0.5) is 13.2 Å². The van der Waals surface area contributed by atoms with Crippen molar-refractivity contribution in [3.05, 3.63) is 69.7 Å². The van der Waals surface area contributed by atoms with Crippen LogP contribution >= 0.6 is 23.2 Å². The summed E-state index contributed by atoms with van der Waals surface area (Å²) in [6.07, 6.45) is -8.63. The van der Waals surface area contributed by atoms with Crippen molar-refractivity contribution in [3.8, 4) is 0 Å². The first kappa shape index (κ1) is 26.3. The molecule has 1 unspecified atom stereocenters. The second-order valence-corrected chi connectivity index (χ2v) is 9.39. The number of aliphatic hydroxyl groups excluding tert-OH is 1. The van der Waals surface area contributed by atoms with Crippen molar-refractivity contribution in [1.29, 1.82) is 0 Å². The van der Waals surface area contributed by atoms with E-state index in [1.165, 1.54) is 6.92 Å². The fourth-order valence-corrected chi connectivity index (χ4v) is 5.27. The number of carbonyl (C=O) groups excluding carboxylic acids is 1. The van der Waals surface area contributed by atoms with Crippen molar-refractivity contribution in [3.63, 3.8) is 0 Å². The minimum Gasteiger partial charge on any atom is -0.481 e. The van der Waals surface area contributed by atoms with Crippen LogP contribution in [0.25, 0.3) is 0 Å². The molecule has 2 aromatic rings. The van der Waals surface area contributed by atoms with Crippen LogP contribution < -0.4 is 5.32 Å². The molecule has 0 radical (unpaired) electrons. The molecule has 0 aliphatic carbocycles. The summed E-state index contributed by atoms with van der Waals surface area (Å²) < 4.78 is 43.5. The Hall–Kier alpha value is -2.29. The number of carboxylic acids is 1. The maximum atomic E-state index is 16.4. The van der Waals surface area contributed by atoms with Crippen molar-refractivity contribution in [1.82, 2.24) is 5.32 Å². The third kappa shape index (κ3) is 4.76. The second-order valence-electron chi connectivity index (χ2n) is 8.52. The Kier molecular flexibility index (Phi) is 7.85. The number of benzene rings is 2. The molecule has 184 valence electrons. The number of piperidine rings is 1. The van der Waals surface area contributed by atoms with Gasteiger partial charge >= 0.3 is 5.97 Å². The zero-order valence-electron chi connectivity index (χ0n) is 18.2. The van der Waals surface area contributed by atoms with E-state index in [4.69, 9.17) is 23.2 Å². The van der Waals surface area contributed by atoms with Gasteiger partial charge in [0.1, 0.15) is 6.10 Å². The molecule has 0 spiro atoms. The molecule has 0 bridgehead atoms. The molecule has 1 fully saturated rings. The topological polar surface area (TPSA) is 86.6 Å². The van der Waals surface area contributed by atoms with E-state index in [1.54, 1.807) is 48.5 Å². The lowest BCUT2D eigenvalue weighted by molar-refractivity contribution is -0.188. The molecule has 0 aromatic heterocycles. The zero-order chi connectivity index (χ0) is 25.3. The standard InChI is InChI=1S/C24H24Cl2F3NO4/c1-2-24(29,20(33)21(27)28)23(12-18(31)32)11-17(14-4-3-5-16(26)10-14)19(30-22(23)34)13-6-8-15(25)9-7-13/h3-10,17,19-21,33H,2,11-12H2,1H3,(H,30,34)(H,31,32)/t17-,19-,20?,23-,24-/m1/s1. The fourth-order valence-electron chi connectivity index (χ4n) is 4.95. The third-order valence-electron chi connectivity index (χ3n) is 6.67. The number of aliphatic hydroxyl groups is 1. The summed E-state index contributed by atoms with van der Waals surface area (Å²) in [6.45, 7) is 1.20. The number of rotatable bonds is 8. The summed E-state index contributed by atoms with van der Waals surface area (Å²) in [7, 11) is 0. The molecule has 1 amide bonds. The van der Waals surface area contributed by atoms with Gasteiger partial charge in [0.15, 0.2) is 5.67 Å². The lowest BCUT2D eigenvalue weighted by Gasteiger charge is -2.51. The van der Waals surface area contributed by atoms with Crippen LogP contribution in [-0.2, 0) is 9.59 Å². The van der Waals surface area contributed by atoms with E-state index in [-0.39, 0.29) is 0 Å². The molecule has 3 rings (SSSR count). The number of hydrogen-bond acceptors (Lipinski definition) is 3. The summed E-state index contributed by atoms with van der Waals surface area (Å²) in [5.74, 6) is -3.36. The van der Waals surface area contributed by atoms with Gasteiger partial charge in [0.2, 0.25) is 5.91 Å². The van der Waals surface area contributed by atoms with E-state index in [9.17, 15) is 28.6 Å². The van der Waals surface area contributed by atoms with Gasteiger partial charge in [-0.25, -0.2) is 13.2 Å². The van der Waals surface area contributed by atoms with E-state index in [2.05, 4.69) is 5.32 Å². The third-order valence-corrected chi connectivity index (χ3v) is 7.16. The highest BCUT2D eigenvalue weighted by Crippen LogP contribution is 2.55. The maximum Gasteiger partial charge on any atom is 0.304 e. The van der Waals surface area contributed by atoms with Crippen molar-refractivity contribution < 1.29 is 33.0 Å². The average Bonchev–Trinajstić information content (AvgIpc) is 2.79. The summed E-state index contributed by atoms with van der Waals surface area (Å²) in [6, 6.07) is 12.3. The highest BCUT2D eigenvalue weighted by Gasteiger charge is 2.65. The molecule has 5 atom stereocenters. The van der Waals surface area contributed by atoms with Crippen molar-refractivity contribution in [2.75, 3.05) is 0 Å². The van der Waals surface area contributed by atoms with Crippen LogP contribution in [0.2, 0.25) is 10.0 Å². The summed E-state index contributed by atoms with van der Waals surface area (Å²) >= 11 is 12.1. The number of amides is 1. The molecule has 34 heavy (non-hydrogen) atoms. The second kappa shape index (κ2) is 10.1. The van der Waals surface area contributed by atoms with E-state index in [1.807, 2.05) is 0 Å². The predicted molar refractivity (Wildman–Crippen MR) is 122 cm³/mol. The first-order valence-electron chi connectivity index (χ1n) is 10.6. The molecular weight excluding hydrogens is 494 g/mol. The molecule has 3 N–H and O–H groups in total. The maximum absolute atomic E-state index is 16.4. The van der Waals surface area contributed by atoms with E-state index in [0.717, 1.165) is 0 Å². The van der Waals surface area contributed by atoms with Gasteiger partial charge in [-0.3, -0.25) is 9.59 Å². The van der Waals surface area contributed by atoms with E-state index in [0.29, 0.717) is 21.2 Å². The molecule has 1 heterocycles. The Morgan fingerprint density at radius 2 is 1.82 bits per heavy atom. The highest BCUT2D eigenvalue weighted by molar-refractivity contribution is 6.30. The highest BCUT2D eigenvalue weighted by atomic mass is 35.5. The zero-order valence-corrected chi connectivity index (χ0v) is 19.7. The summed E-state index contributed by atoms with van der Waals surface area (Å²) in [5.41, 5.74) is -4.54. The van der Waals surface area contributed by atoms with Gasteiger partial charge in [-0.1, -0.05) is 54.4 Å². The smallest absolute Gasteiger partial charge is 0.304 e. The average molecular weight is 518 g/mol. The Morgan fingerprint density at radius 3 is 2.35 bits per heavy atom. The molecule has 1 saturated heterocycles. The lowest BCUT2D eigenvalue weighted by Crippen LogP contribution is -2.65. The Labute approximate surface area is 204 Å². The van der Waals surface area contributed by atoms with Crippen LogP contribution in [0.3, 0.4) is 0 Å². The Balaban J connectivity index is 2.22. The largest absolute Gasteiger partial charge is 0.481 e. The first-order chi connectivity index (χ1) is 15.9. The molecule has 2 aromatic carbocycles. The molecule has 1 aliphatic heterocycles. The van der Waals surface area contributed by atoms with Crippen LogP contribution in [0.5, 0.6) is 0 Å². The number of nitrogens with one attached hydrogen (secondary N) is 1. The van der Waals surface area contributed by atoms with Crippen LogP contribution in [0.15, 0.2) is 48.5 Å². The van der Waals surface area contributed by atoms with Crippen molar-refractivity contribution in [2.45, 2.75) is 56.3 Å². The minimum atomic E-state index is -3.53. The van der Waals surface area contributed by atoms with Crippen LogP contribution in [0.1, 0.15) is 49.3 Å². The predicted octanol–water partition coefficient (Wildman–Crippen LogP) is 5.54. The SMILES string of the molecule is CC[C@@](F)(C(O)C(F)F)[C@@]1(CC(=O)O)C[C@H](c2cccc(Cl)c2)[C@@H](c2ccc(Cl)cc2)NC1=O. The van der Waals surface area contributed by atoms with Crippen molar-refractivity contribution >= 4 is 35.1 Å². The lowest BCUT2D eigenvalue weighted by atomic mass is 9.58. The number of aliphatic carboxylic acids is 1. The molecular formula is C24H24Cl2F3NO4. The van der Waals surface area contributed by atoms with Gasteiger partial charge in [-0.15, -0.1) is 0 Å². The van der Waals surface area contributed by atoms with Crippen LogP contribution in [-0.4, -0.2) is 40.3 Å². The summed E-state index contributed by atoms with van der Waals surface area (Å²) in [5, 5.41) is 23.2. The fraction of sp³-hybridized carbons (Fsp3) is 0.417. The molecule has 1 aliphatic rings. The molecule has 0 saturated carbocycles. The van der Waals surface area contributed by atoms with E-state index < -0.39 is 66.7 Å². The normalized spacial score (nSPS) is 25.5. The summed E-state index contributed by atoms with van der Waals surface area (Å²) in [4.78, 5) is 25.3. The Morgan fingerprint density at radius 1 is 1.18 bits per heavy atom. The molecule has 10 heteroatoms. The van der Waals surface area contributed by atoms with Gasteiger partial charge in [0, 0.05) is 16.0 Å². The Bertz CT molecular complexity index is 1050. The number of halogens is 5. The monoisotopic (exact) mass is 517 g/mol. The minimum absolute atomic E-state index is 0.350. The van der Waals surface area contributed by atoms with Gasteiger partial charge < -0.3 is 15.5 Å². The number of alkyl halides is 3. The number of carboxylic acid groups (broad SMARTS) is 1. The van der Waals surface area contributed by atoms with Gasteiger partial charge in [0.25, 0.3) is 6.43 Å². The van der Waals surface area contributed by atoms with Gasteiger partial charge in [0.05, 0.1) is 17.9 Å². The first-order valence-corrected chi connectivity index (χ1v) is 11.4. The van der Waals surface area contributed by atoms with Gasteiger partial charge in [-0.05, 0) is 48.2 Å². The van der Waals surface area contributed by atoms with Gasteiger partial charge in [-0.2, -0.15) is 0 Å². The number of hydrogen-bond donors (Lipinski definition) is 3.